The second-order valence-electron chi connectivity index (χ2n) is 4.83. The van der Waals surface area contributed by atoms with Crippen LogP contribution in [0.5, 0.6) is 5.88 Å². The zero-order valence-corrected chi connectivity index (χ0v) is 11.7. The molecule has 0 saturated heterocycles. The first-order valence-corrected chi connectivity index (χ1v) is 7.06. The lowest BCUT2D eigenvalue weighted by Gasteiger charge is -2.37. The maximum Gasteiger partial charge on any atom is 0.228 e. The summed E-state index contributed by atoms with van der Waals surface area (Å²) in [6.45, 7) is 4.77. The van der Waals surface area contributed by atoms with E-state index in [-0.39, 0.29) is 6.10 Å². The Kier molecular flexibility index (Phi) is 4.64. The van der Waals surface area contributed by atoms with Crippen LogP contribution >= 0.6 is 11.6 Å². The Morgan fingerprint density at radius 1 is 1.50 bits per heavy atom. The summed E-state index contributed by atoms with van der Waals surface area (Å²) in [6.07, 6.45) is 5.56. The predicted molar refractivity (Wildman–Crippen MR) is 73.5 cm³/mol. The molecule has 18 heavy (non-hydrogen) atoms. The maximum atomic E-state index is 5.87. The third-order valence-electron chi connectivity index (χ3n) is 3.07. The number of halogens is 1. The highest BCUT2D eigenvalue weighted by Gasteiger charge is 2.26. The third kappa shape index (κ3) is 3.25. The molecular formula is C13H20ClN3O. The van der Waals surface area contributed by atoms with Gasteiger partial charge in [0.1, 0.15) is 0 Å². The van der Waals surface area contributed by atoms with Crippen molar-refractivity contribution in [3.05, 3.63) is 12.3 Å². The van der Waals surface area contributed by atoms with Gasteiger partial charge in [0.25, 0.3) is 0 Å². The van der Waals surface area contributed by atoms with E-state index in [1.807, 2.05) is 13.8 Å². The lowest BCUT2D eigenvalue weighted by Crippen LogP contribution is -2.42. The van der Waals surface area contributed by atoms with Crippen molar-refractivity contribution in [1.82, 2.24) is 9.97 Å². The first-order valence-electron chi connectivity index (χ1n) is 6.53. The summed E-state index contributed by atoms with van der Waals surface area (Å²) >= 11 is 5.87. The number of ether oxygens (including phenoxy) is 1. The molecule has 0 radical (unpaired) electrons. The zero-order valence-electron chi connectivity index (χ0n) is 11.0. The molecule has 0 atom stereocenters. The molecule has 1 fully saturated rings. The number of hydrogen-bond donors (Lipinski definition) is 0. The summed E-state index contributed by atoms with van der Waals surface area (Å²) < 4.78 is 5.60. The standard InChI is InChI=1S/C13H20ClN3O/c1-10(2)18-12-6-8-15-13(16-12)17(9-7-14)11-4-3-5-11/h6,8,10-11H,3-5,7,9H2,1-2H3. The van der Waals surface area contributed by atoms with Gasteiger partial charge in [0.05, 0.1) is 6.10 Å². The van der Waals surface area contributed by atoms with E-state index in [4.69, 9.17) is 16.3 Å². The third-order valence-corrected chi connectivity index (χ3v) is 3.24. The summed E-state index contributed by atoms with van der Waals surface area (Å²) in [6, 6.07) is 2.33. The zero-order chi connectivity index (χ0) is 13.0. The highest BCUT2D eigenvalue weighted by Crippen LogP contribution is 2.28. The van der Waals surface area contributed by atoms with Gasteiger partial charge >= 0.3 is 0 Å². The van der Waals surface area contributed by atoms with E-state index in [1.54, 1.807) is 12.3 Å². The molecule has 1 aromatic heterocycles. The van der Waals surface area contributed by atoms with Crippen LogP contribution in [-0.2, 0) is 0 Å². The first-order chi connectivity index (χ1) is 8.70. The number of rotatable bonds is 6. The first kappa shape index (κ1) is 13.4. The molecule has 1 heterocycles. The fourth-order valence-corrected chi connectivity index (χ4v) is 2.20. The maximum absolute atomic E-state index is 5.87. The molecule has 0 spiro atoms. The largest absolute Gasteiger partial charge is 0.475 e. The van der Waals surface area contributed by atoms with Crippen molar-refractivity contribution in [3.63, 3.8) is 0 Å². The minimum Gasteiger partial charge on any atom is -0.475 e. The van der Waals surface area contributed by atoms with Crippen LogP contribution < -0.4 is 9.64 Å². The molecule has 0 amide bonds. The van der Waals surface area contributed by atoms with E-state index < -0.39 is 0 Å². The Morgan fingerprint density at radius 2 is 2.28 bits per heavy atom. The molecule has 0 aliphatic heterocycles. The molecule has 100 valence electrons. The molecule has 1 aliphatic carbocycles. The molecule has 0 aromatic carbocycles. The second kappa shape index (κ2) is 6.23. The van der Waals surface area contributed by atoms with Crippen LogP contribution in [0.3, 0.4) is 0 Å². The molecule has 4 nitrogen and oxygen atoms in total. The van der Waals surface area contributed by atoms with Gasteiger partial charge in [0.2, 0.25) is 11.8 Å². The molecule has 1 aromatic rings. The van der Waals surface area contributed by atoms with Crippen LogP contribution in [0.25, 0.3) is 0 Å². The summed E-state index contributed by atoms with van der Waals surface area (Å²) in [5.41, 5.74) is 0. The average Bonchev–Trinajstić information content (AvgIpc) is 2.25. The van der Waals surface area contributed by atoms with Crippen LogP contribution in [0, 0.1) is 0 Å². The number of hydrogen-bond acceptors (Lipinski definition) is 4. The van der Waals surface area contributed by atoms with Gasteiger partial charge in [-0.25, -0.2) is 4.98 Å². The van der Waals surface area contributed by atoms with Crippen molar-refractivity contribution in [2.75, 3.05) is 17.3 Å². The Bertz CT molecular complexity index is 382. The lowest BCUT2D eigenvalue weighted by atomic mass is 9.92. The normalized spacial score (nSPS) is 15.6. The van der Waals surface area contributed by atoms with E-state index >= 15 is 0 Å². The predicted octanol–water partition coefficient (Wildman–Crippen LogP) is 2.86. The van der Waals surface area contributed by atoms with Gasteiger partial charge in [-0.05, 0) is 33.1 Å². The Labute approximate surface area is 113 Å². The van der Waals surface area contributed by atoms with Crippen LogP contribution in [0.4, 0.5) is 5.95 Å². The Hall–Kier alpha value is -1.03. The highest BCUT2D eigenvalue weighted by atomic mass is 35.5. The average molecular weight is 270 g/mol. The molecule has 1 aliphatic rings. The van der Waals surface area contributed by atoms with Crippen LogP contribution in [0.15, 0.2) is 12.3 Å². The van der Waals surface area contributed by atoms with Crippen molar-refractivity contribution in [2.45, 2.75) is 45.3 Å². The molecule has 2 rings (SSSR count). The molecule has 0 bridgehead atoms. The molecule has 1 saturated carbocycles. The van der Waals surface area contributed by atoms with Crippen molar-refractivity contribution in [1.29, 1.82) is 0 Å². The highest BCUT2D eigenvalue weighted by molar-refractivity contribution is 6.18. The van der Waals surface area contributed by atoms with Gasteiger partial charge in [-0.3, -0.25) is 0 Å². The molecule has 5 heteroatoms. The van der Waals surface area contributed by atoms with E-state index in [9.17, 15) is 0 Å². The summed E-state index contributed by atoms with van der Waals surface area (Å²) in [4.78, 5) is 11.0. The van der Waals surface area contributed by atoms with Crippen molar-refractivity contribution >= 4 is 17.5 Å². The van der Waals surface area contributed by atoms with Gasteiger partial charge in [0.15, 0.2) is 0 Å². The van der Waals surface area contributed by atoms with E-state index in [0.717, 1.165) is 12.5 Å². The summed E-state index contributed by atoms with van der Waals surface area (Å²) in [5, 5.41) is 0. The number of alkyl halides is 1. The van der Waals surface area contributed by atoms with Crippen LogP contribution in [0.2, 0.25) is 0 Å². The SMILES string of the molecule is CC(C)Oc1ccnc(N(CCCl)C2CCC2)n1. The molecule has 0 N–H and O–H groups in total. The van der Waals surface area contributed by atoms with Gasteiger partial charge in [-0.15, -0.1) is 11.6 Å². The quantitative estimate of drug-likeness (QED) is 0.745. The van der Waals surface area contributed by atoms with Gasteiger partial charge in [0, 0.05) is 30.7 Å². The van der Waals surface area contributed by atoms with Gasteiger partial charge < -0.3 is 9.64 Å². The monoisotopic (exact) mass is 269 g/mol. The van der Waals surface area contributed by atoms with Crippen LogP contribution in [-0.4, -0.2) is 34.5 Å². The fourth-order valence-electron chi connectivity index (χ4n) is 2.01. The van der Waals surface area contributed by atoms with Gasteiger partial charge in [-0.1, -0.05) is 0 Å². The minimum atomic E-state index is 0.123. The summed E-state index contributed by atoms with van der Waals surface area (Å²) in [5.74, 6) is 1.96. The molecular weight excluding hydrogens is 250 g/mol. The van der Waals surface area contributed by atoms with E-state index in [2.05, 4.69) is 14.9 Å². The van der Waals surface area contributed by atoms with Crippen LogP contribution in [0.1, 0.15) is 33.1 Å². The van der Waals surface area contributed by atoms with Gasteiger partial charge in [-0.2, -0.15) is 4.98 Å². The number of aromatic nitrogens is 2. The number of anilines is 1. The van der Waals surface area contributed by atoms with Crippen molar-refractivity contribution < 1.29 is 4.74 Å². The fraction of sp³-hybridized carbons (Fsp3) is 0.692. The smallest absolute Gasteiger partial charge is 0.228 e. The van der Waals surface area contributed by atoms with E-state index in [1.165, 1.54) is 19.3 Å². The Morgan fingerprint density at radius 3 is 2.83 bits per heavy atom. The lowest BCUT2D eigenvalue weighted by molar-refractivity contribution is 0.232. The van der Waals surface area contributed by atoms with Crippen molar-refractivity contribution in [3.8, 4) is 5.88 Å². The second-order valence-corrected chi connectivity index (χ2v) is 5.21. The number of nitrogens with zero attached hydrogens (tertiary/aromatic N) is 3. The Balaban J connectivity index is 2.13. The van der Waals surface area contributed by atoms with Crippen molar-refractivity contribution in [2.24, 2.45) is 0 Å². The topological polar surface area (TPSA) is 38.2 Å². The minimum absolute atomic E-state index is 0.123. The van der Waals surface area contributed by atoms with E-state index in [0.29, 0.717) is 17.8 Å². The molecule has 0 unspecified atom stereocenters. The summed E-state index contributed by atoms with van der Waals surface area (Å²) in [7, 11) is 0.